The number of hydrogen-bond acceptors (Lipinski definition) is 3. The predicted octanol–water partition coefficient (Wildman–Crippen LogP) is 1.38. The van der Waals surface area contributed by atoms with E-state index in [1.807, 2.05) is 24.3 Å². The van der Waals surface area contributed by atoms with Gasteiger partial charge in [0.25, 0.3) is 0 Å². The minimum absolute atomic E-state index is 0.121. The van der Waals surface area contributed by atoms with Crippen molar-refractivity contribution in [2.75, 3.05) is 0 Å². The molecule has 0 bridgehead atoms. The molecule has 2 rings (SSSR count). The molecule has 0 radical (unpaired) electrons. The van der Waals surface area contributed by atoms with Crippen molar-refractivity contribution in [1.29, 1.82) is 0 Å². The summed E-state index contributed by atoms with van der Waals surface area (Å²) in [5, 5.41) is 1.77. The minimum atomic E-state index is -3.76. The topological polar surface area (TPSA) is 89.3 Å². The Bertz CT molecular complexity index is 741. The van der Waals surface area contributed by atoms with Gasteiger partial charge < -0.3 is 5.73 Å². The van der Waals surface area contributed by atoms with Crippen LogP contribution in [0.2, 0.25) is 0 Å². The molecule has 0 aromatic heterocycles. The molecule has 1 unspecified atom stereocenters. The summed E-state index contributed by atoms with van der Waals surface area (Å²) >= 11 is 0. The zero-order chi connectivity index (χ0) is 14.8. The first-order valence-corrected chi connectivity index (χ1v) is 7.73. The SMILES string of the molecule is CCC(NS(=O)(=O)c1ccc2ccccc2c1)C(N)=O. The van der Waals surface area contributed by atoms with E-state index in [2.05, 4.69) is 4.72 Å². The average molecular weight is 292 g/mol. The fourth-order valence-electron chi connectivity index (χ4n) is 1.93. The quantitative estimate of drug-likeness (QED) is 0.872. The Kier molecular flexibility index (Phi) is 4.06. The summed E-state index contributed by atoms with van der Waals surface area (Å²) < 4.78 is 26.8. The van der Waals surface area contributed by atoms with E-state index in [9.17, 15) is 13.2 Å². The number of nitrogens with one attached hydrogen (secondary N) is 1. The van der Waals surface area contributed by atoms with Crippen LogP contribution < -0.4 is 10.5 Å². The second kappa shape index (κ2) is 5.60. The van der Waals surface area contributed by atoms with E-state index in [4.69, 9.17) is 5.73 Å². The van der Waals surface area contributed by atoms with Gasteiger partial charge in [-0.1, -0.05) is 37.3 Å². The average Bonchev–Trinajstić information content (AvgIpc) is 2.44. The van der Waals surface area contributed by atoms with E-state index in [-0.39, 0.29) is 4.90 Å². The van der Waals surface area contributed by atoms with Crippen molar-refractivity contribution in [1.82, 2.24) is 4.72 Å². The molecule has 0 fully saturated rings. The number of benzene rings is 2. The lowest BCUT2D eigenvalue weighted by molar-refractivity contribution is -0.119. The summed E-state index contributed by atoms with van der Waals surface area (Å²) in [6.07, 6.45) is 0.308. The molecule has 0 aliphatic heterocycles. The van der Waals surface area contributed by atoms with E-state index in [0.29, 0.717) is 6.42 Å². The predicted molar refractivity (Wildman–Crippen MR) is 77.5 cm³/mol. The van der Waals surface area contributed by atoms with Gasteiger partial charge in [-0.25, -0.2) is 8.42 Å². The molecular formula is C14H16N2O3S. The maximum atomic E-state index is 12.2. The second-order valence-electron chi connectivity index (χ2n) is 4.49. The first kappa shape index (κ1) is 14.5. The van der Waals surface area contributed by atoms with Crippen molar-refractivity contribution < 1.29 is 13.2 Å². The van der Waals surface area contributed by atoms with Gasteiger partial charge in [0.15, 0.2) is 0 Å². The van der Waals surface area contributed by atoms with E-state index >= 15 is 0 Å². The fraction of sp³-hybridized carbons (Fsp3) is 0.214. The maximum absolute atomic E-state index is 12.2. The van der Waals surface area contributed by atoms with Crippen LogP contribution in [-0.4, -0.2) is 20.4 Å². The molecule has 0 aliphatic carbocycles. The van der Waals surface area contributed by atoms with Crippen molar-refractivity contribution >= 4 is 26.7 Å². The number of rotatable bonds is 5. The molecule has 0 aliphatic rings. The third-order valence-corrected chi connectivity index (χ3v) is 4.55. The van der Waals surface area contributed by atoms with Crippen LogP contribution >= 0.6 is 0 Å². The first-order chi connectivity index (χ1) is 9.44. The summed E-state index contributed by atoms with van der Waals surface area (Å²) in [6.45, 7) is 1.69. The van der Waals surface area contributed by atoms with Crippen LogP contribution in [0.1, 0.15) is 13.3 Å². The number of sulfonamides is 1. The van der Waals surface area contributed by atoms with Crippen molar-refractivity contribution in [3.8, 4) is 0 Å². The van der Waals surface area contributed by atoms with E-state index in [1.165, 1.54) is 6.07 Å². The molecular weight excluding hydrogens is 276 g/mol. The fourth-order valence-corrected chi connectivity index (χ4v) is 3.26. The Morgan fingerprint density at radius 2 is 1.85 bits per heavy atom. The highest BCUT2D eigenvalue weighted by atomic mass is 32.2. The molecule has 6 heteroatoms. The standard InChI is InChI=1S/C14H16N2O3S/c1-2-13(14(15)17)16-20(18,19)12-8-7-10-5-3-4-6-11(10)9-12/h3-9,13,16H,2H2,1H3,(H2,15,17). The Hall–Kier alpha value is -1.92. The summed E-state index contributed by atoms with van der Waals surface area (Å²) in [6, 6.07) is 11.4. The van der Waals surface area contributed by atoms with Crippen LogP contribution in [-0.2, 0) is 14.8 Å². The molecule has 1 atom stereocenters. The Balaban J connectivity index is 2.38. The van der Waals surface area contributed by atoms with Gasteiger partial charge in [-0.3, -0.25) is 4.79 Å². The number of amides is 1. The normalized spacial score (nSPS) is 13.2. The Morgan fingerprint density at radius 3 is 2.45 bits per heavy atom. The summed E-state index contributed by atoms with van der Waals surface area (Å²) in [5.74, 6) is -0.683. The zero-order valence-corrected chi connectivity index (χ0v) is 11.9. The van der Waals surface area contributed by atoms with E-state index in [0.717, 1.165) is 10.8 Å². The highest BCUT2D eigenvalue weighted by Gasteiger charge is 2.22. The van der Waals surface area contributed by atoms with Crippen molar-refractivity contribution in [3.05, 3.63) is 42.5 Å². The van der Waals surface area contributed by atoms with Crippen LogP contribution in [0.4, 0.5) is 0 Å². The molecule has 5 nitrogen and oxygen atoms in total. The van der Waals surface area contributed by atoms with Crippen LogP contribution in [0.15, 0.2) is 47.4 Å². The highest BCUT2D eigenvalue weighted by molar-refractivity contribution is 7.89. The van der Waals surface area contributed by atoms with Gasteiger partial charge in [-0.05, 0) is 29.3 Å². The number of hydrogen-bond donors (Lipinski definition) is 2. The van der Waals surface area contributed by atoms with Gasteiger partial charge >= 0.3 is 0 Å². The van der Waals surface area contributed by atoms with Gasteiger partial charge in [0.1, 0.15) is 6.04 Å². The molecule has 1 amide bonds. The lowest BCUT2D eigenvalue weighted by Crippen LogP contribution is -2.43. The van der Waals surface area contributed by atoms with Crippen LogP contribution in [0.5, 0.6) is 0 Å². The lowest BCUT2D eigenvalue weighted by atomic mass is 10.1. The molecule has 0 saturated carbocycles. The van der Waals surface area contributed by atoms with E-state index < -0.39 is 22.0 Å². The largest absolute Gasteiger partial charge is 0.368 e. The molecule has 0 saturated heterocycles. The number of primary amides is 1. The van der Waals surface area contributed by atoms with Crippen molar-refractivity contribution in [3.63, 3.8) is 0 Å². The smallest absolute Gasteiger partial charge is 0.241 e. The number of nitrogens with two attached hydrogens (primary N) is 1. The monoisotopic (exact) mass is 292 g/mol. The number of carbonyl (C=O) groups excluding carboxylic acids is 1. The Morgan fingerprint density at radius 1 is 1.20 bits per heavy atom. The molecule has 0 heterocycles. The Labute approximate surface area is 117 Å². The molecule has 2 aromatic carbocycles. The first-order valence-electron chi connectivity index (χ1n) is 6.24. The summed E-state index contributed by atoms with van der Waals surface area (Å²) in [5.41, 5.74) is 5.16. The maximum Gasteiger partial charge on any atom is 0.241 e. The van der Waals surface area contributed by atoms with Crippen molar-refractivity contribution in [2.45, 2.75) is 24.3 Å². The molecule has 106 valence electrons. The second-order valence-corrected chi connectivity index (χ2v) is 6.21. The van der Waals surface area contributed by atoms with Gasteiger partial charge in [0, 0.05) is 0 Å². The minimum Gasteiger partial charge on any atom is -0.368 e. The molecule has 20 heavy (non-hydrogen) atoms. The lowest BCUT2D eigenvalue weighted by Gasteiger charge is -2.14. The number of fused-ring (bicyclic) bond motifs is 1. The summed E-state index contributed by atoms with van der Waals surface area (Å²) in [7, 11) is -3.76. The van der Waals surface area contributed by atoms with Crippen LogP contribution in [0, 0.1) is 0 Å². The molecule has 0 spiro atoms. The molecule has 2 aromatic rings. The van der Waals surface area contributed by atoms with Gasteiger partial charge in [-0.15, -0.1) is 0 Å². The zero-order valence-electron chi connectivity index (χ0n) is 11.0. The third kappa shape index (κ3) is 2.97. The highest BCUT2D eigenvalue weighted by Crippen LogP contribution is 2.19. The van der Waals surface area contributed by atoms with E-state index in [1.54, 1.807) is 19.1 Å². The van der Waals surface area contributed by atoms with Gasteiger partial charge in [0.2, 0.25) is 15.9 Å². The van der Waals surface area contributed by atoms with Crippen molar-refractivity contribution in [2.24, 2.45) is 5.73 Å². The van der Waals surface area contributed by atoms with Crippen LogP contribution in [0.25, 0.3) is 10.8 Å². The third-order valence-electron chi connectivity index (χ3n) is 3.08. The van der Waals surface area contributed by atoms with Gasteiger partial charge in [-0.2, -0.15) is 4.72 Å². The van der Waals surface area contributed by atoms with Crippen LogP contribution in [0.3, 0.4) is 0 Å². The van der Waals surface area contributed by atoms with Gasteiger partial charge in [0.05, 0.1) is 4.90 Å². The molecule has 3 N–H and O–H groups in total. The summed E-state index contributed by atoms with van der Waals surface area (Å²) in [4.78, 5) is 11.3. The number of carbonyl (C=O) groups is 1.